The summed E-state index contributed by atoms with van der Waals surface area (Å²) >= 11 is 3.09. The number of hydrogen-bond donors (Lipinski definition) is 2. The smallest absolute Gasteiger partial charge is 0.275 e. The number of rotatable bonds is 4. The fourth-order valence-electron chi connectivity index (χ4n) is 3.89. The van der Waals surface area contributed by atoms with Crippen LogP contribution >= 0.6 is 23.1 Å². The Labute approximate surface area is 171 Å². The lowest BCUT2D eigenvalue weighted by Gasteiger charge is -2.44. The highest BCUT2D eigenvalue weighted by Gasteiger charge is 2.49. The number of aromatic nitrogens is 3. The lowest BCUT2D eigenvalue weighted by molar-refractivity contribution is -0.0466. The molecule has 28 heavy (non-hydrogen) atoms. The summed E-state index contributed by atoms with van der Waals surface area (Å²) in [5.74, 6) is 1.57. The van der Waals surface area contributed by atoms with Gasteiger partial charge in [-0.05, 0) is 32.3 Å². The quantitative estimate of drug-likeness (QED) is 0.790. The lowest BCUT2D eigenvalue weighted by Crippen LogP contribution is -2.49. The molecule has 2 aliphatic heterocycles. The van der Waals surface area contributed by atoms with Gasteiger partial charge in [0.25, 0.3) is 5.91 Å². The van der Waals surface area contributed by atoms with Crippen molar-refractivity contribution in [1.82, 2.24) is 14.8 Å². The average Bonchev–Trinajstić information content (AvgIpc) is 3.21. The maximum Gasteiger partial charge on any atom is 0.275 e. The number of thiazole rings is 1. The monoisotopic (exact) mass is 418 g/mol. The van der Waals surface area contributed by atoms with Crippen LogP contribution in [0.5, 0.6) is 0 Å². The van der Waals surface area contributed by atoms with Gasteiger partial charge in [0.2, 0.25) is 0 Å². The first-order valence-electron chi connectivity index (χ1n) is 9.46. The van der Waals surface area contributed by atoms with Crippen LogP contribution in [0.2, 0.25) is 0 Å². The molecule has 2 aromatic rings. The fourth-order valence-corrected chi connectivity index (χ4v) is 5.87. The highest BCUT2D eigenvalue weighted by molar-refractivity contribution is 8.13. The van der Waals surface area contributed by atoms with Gasteiger partial charge < -0.3 is 15.8 Å². The number of nitrogens with two attached hydrogens (primary N) is 1. The van der Waals surface area contributed by atoms with Gasteiger partial charge in [-0.2, -0.15) is 5.10 Å². The molecule has 3 atom stereocenters. The minimum absolute atomic E-state index is 0.189. The number of fused-ring (bicyclic) bond motifs is 1. The number of aliphatic imine (C=N–C) groups is 1. The molecule has 1 aliphatic carbocycles. The number of anilines is 1. The molecule has 2 aromatic heterocycles. The summed E-state index contributed by atoms with van der Waals surface area (Å²) < 4.78 is 7.75. The van der Waals surface area contributed by atoms with Crippen LogP contribution in [-0.4, -0.2) is 44.3 Å². The predicted molar refractivity (Wildman–Crippen MR) is 110 cm³/mol. The van der Waals surface area contributed by atoms with Gasteiger partial charge in [0.15, 0.2) is 5.17 Å². The van der Waals surface area contributed by atoms with Gasteiger partial charge in [0, 0.05) is 23.2 Å². The van der Waals surface area contributed by atoms with E-state index < -0.39 is 5.54 Å². The van der Waals surface area contributed by atoms with Crippen LogP contribution in [0.4, 0.5) is 5.82 Å². The third-order valence-electron chi connectivity index (χ3n) is 5.53. The molecule has 148 valence electrons. The molecule has 10 heteroatoms. The number of carbonyl (C=O) groups is 1. The zero-order valence-corrected chi connectivity index (χ0v) is 17.1. The van der Waals surface area contributed by atoms with E-state index >= 15 is 0 Å². The minimum Gasteiger partial charge on any atom is -0.379 e. The van der Waals surface area contributed by atoms with Crippen LogP contribution in [0.1, 0.15) is 47.7 Å². The Kier molecular flexibility index (Phi) is 4.44. The first kappa shape index (κ1) is 18.1. The van der Waals surface area contributed by atoms with Crippen molar-refractivity contribution in [2.75, 3.05) is 17.7 Å². The number of amides is 1. The minimum atomic E-state index is -0.550. The summed E-state index contributed by atoms with van der Waals surface area (Å²) in [5, 5.41) is 10.5. The second-order valence-corrected chi connectivity index (χ2v) is 9.52. The predicted octanol–water partition coefficient (Wildman–Crippen LogP) is 2.61. The van der Waals surface area contributed by atoms with Gasteiger partial charge in [-0.25, -0.2) is 9.98 Å². The average molecular weight is 419 g/mol. The van der Waals surface area contributed by atoms with Gasteiger partial charge in [-0.3, -0.25) is 9.48 Å². The first-order valence-corrected chi connectivity index (χ1v) is 11.3. The number of thioether (sulfide) groups is 1. The number of carbonyl (C=O) groups excluding carboxylic acids is 1. The van der Waals surface area contributed by atoms with E-state index in [1.807, 2.05) is 5.38 Å². The molecule has 1 saturated carbocycles. The van der Waals surface area contributed by atoms with Crippen LogP contribution in [0.15, 0.2) is 22.6 Å². The Morgan fingerprint density at radius 3 is 3.14 bits per heavy atom. The molecule has 2 fully saturated rings. The molecule has 4 heterocycles. The molecule has 8 nitrogen and oxygen atoms in total. The maximum atomic E-state index is 12.7. The van der Waals surface area contributed by atoms with E-state index in [-0.39, 0.29) is 12.0 Å². The third kappa shape index (κ3) is 3.13. The molecular formula is C18H22N6O2S2. The van der Waals surface area contributed by atoms with Gasteiger partial charge in [0.05, 0.1) is 18.8 Å². The Hall–Kier alpha value is -1.91. The Bertz CT molecular complexity index is 936. The molecule has 0 unspecified atom stereocenters. The van der Waals surface area contributed by atoms with Crippen LogP contribution < -0.4 is 11.1 Å². The van der Waals surface area contributed by atoms with Crippen molar-refractivity contribution in [2.24, 2.45) is 16.6 Å². The molecule has 0 radical (unpaired) electrons. The van der Waals surface area contributed by atoms with Crippen molar-refractivity contribution >= 4 is 40.0 Å². The molecular weight excluding hydrogens is 396 g/mol. The largest absolute Gasteiger partial charge is 0.379 e. The summed E-state index contributed by atoms with van der Waals surface area (Å²) in [5.41, 5.74) is 6.07. The van der Waals surface area contributed by atoms with Crippen molar-refractivity contribution in [1.29, 1.82) is 0 Å². The number of nitrogens with zero attached hydrogens (tertiary/aromatic N) is 4. The van der Waals surface area contributed by atoms with Crippen molar-refractivity contribution in [3.8, 4) is 0 Å². The van der Waals surface area contributed by atoms with E-state index in [2.05, 4.69) is 17.3 Å². The Balaban J connectivity index is 1.40. The number of amidine groups is 1. The summed E-state index contributed by atoms with van der Waals surface area (Å²) in [7, 11) is 0. The summed E-state index contributed by atoms with van der Waals surface area (Å²) in [6, 6.07) is 2.09. The zero-order chi connectivity index (χ0) is 19.3. The molecule has 0 aromatic carbocycles. The normalized spacial score (nSPS) is 29.8. The highest BCUT2D eigenvalue weighted by Crippen LogP contribution is 2.47. The fraction of sp³-hybridized carbons (Fsp3) is 0.556. The van der Waals surface area contributed by atoms with Crippen LogP contribution in [0.3, 0.4) is 0 Å². The van der Waals surface area contributed by atoms with Crippen molar-refractivity contribution < 1.29 is 9.53 Å². The summed E-state index contributed by atoms with van der Waals surface area (Å²) in [6.45, 7) is 2.56. The SMILES string of the molecule is C[C@H]1C[C@H]2CSC(N)=N[C@@]2(c2nc(NC(=O)c3ccnn3C3CC3)cs2)CO1. The van der Waals surface area contributed by atoms with Gasteiger partial charge in [-0.1, -0.05) is 11.8 Å². The lowest BCUT2D eigenvalue weighted by atomic mass is 9.80. The molecule has 0 spiro atoms. The summed E-state index contributed by atoms with van der Waals surface area (Å²) in [6.07, 6.45) is 4.94. The van der Waals surface area contributed by atoms with E-state index in [9.17, 15) is 4.79 Å². The summed E-state index contributed by atoms with van der Waals surface area (Å²) in [4.78, 5) is 22.2. The highest BCUT2D eigenvalue weighted by atomic mass is 32.2. The molecule has 5 rings (SSSR count). The van der Waals surface area contributed by atoms with Gasteiger partial charge in [0.1, 0.15) is 22.1 Å². The van der Waals surface area contributed by atoms with E-state index in [1.54, 1.807) is 28.7 Å². The maximum absolute atomic E-state index is 12.7. The van der Waals surface area contributed by atoms with Gasteiger partial charge in [-0.15, -0.1) is 11.3 Å². The topological polar surface area (TPSA) is 107 Å². The molecule has 0 bridgehead atoms. The zero-order valence-electron chi connectivity index (χ0n) is 15.5. The molecule has 3 aliphatic rings. The number of ether oxygens (including phenoxy) is 1. The van der Waals surface area contributed by atoms with Crippen LogP contribution in [0.25, 0.3) is 0 Å². The Morgan fingerprint density at radius 2 is 2.32 bits per heavy atom. The first-order chi connectivity index (χ1) is 13.5. The molecule has 1 amide bonds. The molecule has 1 saturated heterocycles. The standard InChI is InChI=1S/C18H22N6O2S2/c1-10-6-11-7-28-17(19)23-18(11,9-26-10)16-22-14(8-27-16)21-15(25)13-4-5-20-24(13)12-2-3-12/h4-5,8,10-12H,2-3,6-7,9H2,1H3,(H2,19,23)(H,21,25)/t10-,11-,18-/m0/s1. The van der Waals surface area contributed by atoms with Crippen molar-refractivity contribution in [3.63, 3.8) is 0 Å². The van der Waals surface area contributed by atoms with Gasteiger partial charge >= 0.3 is 0 Å². The van der Waals surface area contributed by atoms with E-state index in [4.69, 9.17) is 20.4 Å². The molecule has 3 N–H and O–H groups in total. The van der Waals surface area contributed by atoms with Crippen LogP contribution in [-0.2, 0) is 10.3 Å². The van der Waals surface area contributed by atoms with E-state index in [0.717, 1.165) is 30.0 Å². The number of hydrogen-bond acceptors (Lipinski definition) is 8. The third-order valence-corrected chi connectivity index (χ3v) is 7.50. The second-order valence-electron chi connectivity index (χ2n) is 7.62. The number of nitrogens with one attached hydrogen (secondary N) is 1. The van der Waals surface area contributed by atoms with Crippen LogP contribution in [0, 0.1) is 5.92 Å². The van der Waals surface area contributed by atoms with Crippen molar-refractivity contribution in [2.45, 2.75) is 43.9 Å². The van der Waals surface area contributed by atoms with Crippen molar-refractivity contribution in [3.05, 3.63) is 28.3 Å². The van der Waals surface area contributed by atoms with E-state index in [1.165, 1.54) is 11.3 Å². The van der Waals surface area contributed by atoms with E-state index in [0.29, 0.717) is 35.2 Å². The Morgan fingerprint density at radius 1 is 1.46 bits per heavy atom. The second kappa shape index (κ2) is 6.85.